The number of halogens is 8. The van der Waals surface area contributed by atoms with Crippen LogP contribution >= 0.6 is 11.6 Å². The molecule has 10 heteroatoms. The second-order valence-corrected chi connectivity index (χ2v) is 5.28. The molecule has 0 radical (unpaired) electrons. The van der Waals surface area contributed by atoms with Gasteiger partial charge in [-0.3, -0.25) is 4.79 Å². The first-order valence-corrected chi connectivity index (χ1v) is 6.81. The first-order chi connectivity index (χ1) is 11.4. The van der Waals surface area contributed by atoms with Crippen LogP contribution in [0.1, 0.15) is 21.5 Å². The van der Waals surface area contributed by atoms with E-state index < -0.39 is 40.8 Å². The molecule has 1 amide bonds. The van der Waals surface area contributed by atoms with E-state index in [1.165, 1.54) is 0 Å². The summed E-state index contributed by atoms with van der Waals surface area (Å²) in [6.07, 6.45) is -10.1. The number of hydrogen-bond donors (Lipinski definition) is 1. The molecule has 1 N–H and O–H groups in total. The SMILES string of the molecule is O=C(Nc1ccc(F)c(Cl)c1)c1cc(C(F)(F)F)cc(C(F)(F)F)c1. The Kier molecular flexibility index (Phi) is 4.99. The molecule has 2 nitrogen and oxygen atoms in total. The smallest absolute Gasteiger partial charge is 0.322 e. The molecule has 0 aliphatic heterocycles. The lowest BCUT2D eigenvalue weighted by Gasteiger charge is -2.14. The van der Waals surface area contributed by atoms with Crippen LogP contribution in [0.5, 0.6) is 0 Å². The Morgan fingerprint density at radius 3 is 1.84 bits per heavy atom. The maximum absolute atomic E-state index is 13.0. The van der Waals surface area contributed by atoms with Gasteiger partial charge in [-0.2, -0.15) is 26.3 Å². The molecule has 0 atom stereocenters. The molecule has 0 aliphatic carbocycles. The monoisotopic (exact) mass is 385 g/mol. The van der Waals surface area contributed by atoms with Crippen molar-refractivity contribution in [2.24, 2.45) is 0 Å². The molecule has 0 unspecified atom stereocenters. The number of hydrogen-bond acceptors (Lipinski definition) is 1. The second kappa shape index (κ2) is 6.55. The molecule has 2 aromatic rings. The van der Waals surface area contributed by atoms with Gasteiger partial charge < -0.3 is 5.32 Å². The minimum atomic E-state index is -5.07. The summed E-state index contributed by atoms with van der Waals surface area (Å²) >= 11 is 5.49. The number of anilines is 1. The van der Waals surface area contributed by atoms with Crippen LogP contribution in [0.15, 0.2) is 36.4 Å². The Labute approximate surface area is 141 Å². The maximum Gasteiger partial charge on any atom is 0.416 e. The van der Waals surface area contributed by atoms with Gasteiger partial charge in [-0.05, 0) is 36.4 Å². The van der Waals surface area contributed by atoms with E-state index in [1.54, 1.807) is 0 Å². The molecule has 134 valence electrons. The summed E-state index contributed by atoms with van der Waals surface area (Å²) in [6, 6.07) is 3.38. The summed E-state index contributed by atoms with van der Waals surface area (Å²) in [6.45, 7) is 0. The highest BCUT2D eigenvalue weighted by Gasteiger charge is 2.37. The van der Waals surface area contributed by atoms with E-state index in [0.29, 0.717) is 0 Å². The van der Waals surface area contributed by atoms with Crippen molar-refractivity contribution in [3.05, 3.63) is 63.9 Å². The molecule has 0 saturated heterocycles. The van der Waals surface area contributed by atoms with Crippen molar-refractivity contribution in [2.45, 2.75) is 12.4 Å². The van der Waals surface area contributed by atoms with Crippen LogP contribution in [0.4, 0.5) is 36.4 Å². The molecule has 0 bridgehead atoms. The average Bonchev–Trinajstić information content (AvgIpc) is 2.48. The molecular formula is C15H7ClF7NO. The van der Waals surface area contributed by atoms with E-state index in [1.807, 2.05) is 0 Å². The third kappa shape index (κ3) is 4.62. The fourth-order valence-corrected chi connectivity index (χ4v) is 2.04. The zero-order chi connectivity index (χ0) is 19.0. The maximum atomic E-state index is 13.0. The third-order valence-electron chi connectivity index (χ3n) is 3.03. The largest absolute Gasteiger partial charge is 0.416 e. The van der Waals surface area contributed by atoms with Crippen molar-refractivity contribution in [1.82, 2.24) is 0 Å². The van der Waals surface area contributed by atoms with E-state index in [-0.39, 0.29) is 28.9 Å². The van der Waals surface area contributed by atoms with Gasteiger partial charge in [0.05, 0.1) is 16.1 Å². The van der Waals surface area contributed by atoms with Crippen LogP contribution in [-0.4, -0.2) is 5.91 Å². The van der Waals surface area contributed by atoms with Crippen LogP contribution in [-0.2, 0) is 12.4 Å². The lowest BCUT2D eigenvalue weighted by molar-refractivity contribution is -0.143. The molecule has 2 rings (SSSR count). The van der Waals surface area contributed by atoms with Crippen LogP contribution in [0.3, 0.4) is 0 Å². The first kappa shape index (κ1) is 19.0. The highest BCUT2D eigenvalue weighted by atomic mass is 35.5. The van der Waals surface area contributed by atoms with E-state index >= 15 is 0 Å². The Hall–Kier alpha value is -2.29. The Morgan fingerprint density at radius 2 is 1.40 bits per heavy atom. The number of amides is 1. The van der Waals surface area contributed by atoms with Crippen LogP contribution in [0, 0.1) is 5.82 Å². The van der Waals surface area contributed by atoms with Gasteiger partial charge in [-0.25, -0.2) is 4.39 Å². The van der Waals surface area contributed by atoms with Gasteiger partial charge in [0.15, 0.2) is 0 Å². The minimum absolute atomic E-state index is 0.0917. The van der Waals surface area contributed by atoms with Crippen LogP contribution < -0.4 is 5.32 Å². The summed E-state index contributed by atoms with van der Waals surface area (Å²) in [5.41, 5.74) is -4.20. The zero-order valence-corrected chi connectivity index (χ0v) is 12.7. The average molecular weight is 386 g/mol. The van der Waals surface area contributed by atoms with Crippen molar-refractivity contribution in [3.8, 4) is 0 Å². The minimum Gasteiger partial charge on any atom is -0.322 e. The fraction of sp³-hybridized carbons (Fsp3) is 0.133. The molecule has 0 aliphatic rings. The molecule has 0 saturated carbocycles. The number of rotatable bonds is 2. The topological polar surface area (TPSA) is 29.1 Å². The first-order valence-electron chi connectivity index (χ1n) is 6.44. The van der Waals surface area contributed by atoms with Gasteiger partial charge in [-0.15, -0.1) is 0 Å². The number of alkyl halides is 6. The second-order valence-electron chi connectivity index (χ2n) is 4.88. The van der Waals surface area contributed by atoms with Crippen molar-refractivity contribution < 1.29 is 35.5 Å². The predicted octanol–water partition coefficient (Wildman–Crippen LogP) is 5.77. The fourth-order valence-electron chi connectivity index (χ4n) is 1.86. The van der Waals surface area contributed by atoms with Gasteiger partial charge in [0, 0.05) is 11.3 Å². The van der Waals surface area contributed by atoms with Crippen molar-refractivity contribution in [3.63, 3.8) is 0 Å². The van der Waals surface area contributed by atoms with Gasteiger partial charge >= 0.3 is 12.4 Å². The molecule has 0 heterocycles. The summed E-state index contributed by atoms with van der Waals surface area (Å²) < 4.78 is 89.6. The quantitative estimate of drug-likeness (QED) is 0.653. The number of benzene rings is 2. The number of nitrogens with one attached hydrogen (secondary N) is 1. The molecule has 0 fully saturated rings. The van der Waals surface area contributed by atoms with Crippen LogP contribution in [0.25, 0.3) is 0 Å². The Morgan fingerprint density at radius 1 is 0.880 bits per heavy atom. The van der Waals surface area contributed by atoms with Gasteiger partial charge in [0.25, 0.3) is 5.91 Å². The molecule has 25 heavy (non-hydrogen) atoms. The Balaban J connectivity index is 2.42. The van der Waals surface area contributed by atoms with Crippen molar-refractivity contribution >= 4 is 23.2 Å². The predicted molar refractivity (Wildman–Crippen MR) is 75.8 cm³/mol. The van der Waals surface area contributed by atoms with E-state index in [0.717, 1.165) is 18.2 Å². The Bertz CT molecular complexity index is 782. The lowest BCUT2D eigenvalue weighted by atomic mass is 10.0. The van der Waals surface area contributed by atoms with Gasteiger partial charge in [0.2, 0.25) is 0 Å². The zero-order valence-electron chi connectivity index (χ0n) is 11.9. The molecule has 2 aromatic carbocycles. The van der Waals surface area contributed by atoms with E-state index in [4.69, 9.17) is 11.6 Å². The third-order valence-corrected chi connectivity index (χ3v) is 3.32. The molecular weight excluding hydrogens is 379 g/mol. The van der Waals surface area contributed by atoms with Crippen molar-refractivity contribution in [1.29, 1.82) is 0 Å². The molecule has 0 spiro atoms. The van der Waals surface area contributed by atoms with Crippen molar-refractivity contribution in [2.75, 3.05) is 5.32 Å². The number of carbonyl (C=O) groups is 1. The summed E-state index contributed by atoms with van der Waals surface area (Å²) in [5.74, 6) is -2.04. The lowest BCUT2D eigenvalue weighted by Crippen LogP contribution is -2.17. The number of carbonyl (C=O) groups excluding carboxylic acids is 1. The summed E-state index contributed by atoms with van der Waals surface area (Å²) in [4.78, 5) is 12.0. The standard InChI is InChI=1S/C15H7ClF7NO/c16-11-6-10(1-2-12(11)17)24-13(25)7-3-8(14(18,19)20)5-9(4-7)15(21,22)23/h1-6H,(H,24,25). The molecule has 0 aromatic heterocycles. The highest BCUT2D eigenvalue weighted by Crippen LogP contribution is 2.36. The van der Waals surface area contributed by atoms with E-state index in [2.05, 4.69) is 5.32 Å². The van der Waals surface area contributed by atoms with Crippen LogP contribution in [0.2, 0.25) is 5.02 Å². The summed E-state index contributed by atoms with van der Waals surface area (Å²) in [5, 5.41) is 1.68. The van der Waals surface area contributed by atoms with Gasteiger partial charge in [-0.1, -0.05) is 11.6 Å². The highest BCUT2D eigenvalue weighted by molar-refractivity contribution is 6.31. The normalized spacial score (nSPS) is 12.2. The van der Waals surface area contributed by atoms with Gasteiger partial charge in [0.1, 0.15) is 5.82 Å². The van der Waals surface area contributed by atoms with E-state index in [9.17, 15) is 35.5 Å². The summed E-state index contributed by atoms with van der Waals surface area (Å²) in [7, 11) is 0.